The minimum Gasteiger partial charge on any atom is -0.368 e. The van der Waals surface area contributed by atoms with E-state index in [0.717, 1.165) is 0 Å². The molecule has 4 aromatic heterocycles. The number of rotatable bonds is 5. The van der Waals surface area contributed by atoms with Crippen LogP contribution in [0.15, 0.2) is 73.1 Å². The first kappa shape index (κ1) is 31.3. The summed E-state index contributed by atoms with van der Waals surface area (Å²) in [4.78, 5) is 34.0. The van der Waals surface area contributed by atoms with E-state index in [2.05, 4.69) is 36.0 Å². The van der Waals surface area contributed by atoms with Gasteiger partial charge in [0, 0.05) is 33.6 Å². The predicted octanol–water partition coefficient (Wildman–Crippen LogP) is 7.03. The van der Waals surface area contributed by atoms with E-state index in [-0.39, 0.29) is 11.9 Å². The van der Waals surface area contributed by atoms with Gasteiger partial charge in [0.25, 0.3) is 5.91 Å². The van der Waals surface area contributed by atoms with Gasteiger partial charge in [-0.15, -0.1) is 0 Å². The fourth-order valence-electron chi connectivity index (χ4n) is 4.32. The lowest BCUT2D eigenvalue weighted by Gasteiger charge is -2.05. The van der Waals surface area contributed by atoms with Gasteiger partial charge < -0.3 is 27.2 Å². The molecule has 0 aliphatic carbocycles. The van der Waals surface area contributed by atoms with Crippen LogP contribution < -0.4 is 17.2 Å². The number of H-pyrrole nitrogens is 2. The highest BCUT2D eigenvalue weighted by atomic mass is 35.5. The first-order valence-corrected chi connectivity index (χ1v) is 14.3. The van der Waals surface area contributed by atoms with E-state index in [4.69, 9.17) is 63.6 Å². The molecule has 0 bridgehead atoms. The molecule has 0 radical (unpaired) electrons. The molecule has 0 aliphatic heterocycles. The lowest BCUT2D eigenvalue weighted by molar-refractivity contribution is 0.100. The molecule has 8 N–H and O–H groups in total. The molecule has 0 atom stereocenters. The highest BCUT2D eigenvalue weighted by molar-refractivity contribution is 6.37. The molecule has 0 aliphatic rings. The Balaban J connectivity index is 0.000000178. The molecule has 4 heterocycles. The standard InChI is InChI=1S/C15H11Cl2N5O.C15H9Cl2N5/c16-7-1-2-8(10(17)5-7)13-9(14(18)23)6-12(21-13)11-3-4-20-15(19)22-11;16-9-1-2-10(11(17)6-9)14-8(7-18)5-13(21-14)12-3-4-20-15(19)22-12/h1-6,21H,(H2,18,23)(H2,19,20,22);1-6,21H,(H2,19,20,22). The fourth-order valence-corrected chi connectivity index (χ4v) is 5.33. The van der Waals surface area contributed by atoms with Crippen LogP contribution in [-0.2, 0) is 0 Å². The van der Waals surface area contributed by atoms with Gasteiger partial charge in [-0.1, -0.05) is 46.4 Å². The summed E-state index contributed by atoms with van der Waals surface area (Å²) in [6.07, 6.45) is 3.08. The average molecular weight is 678 g/mol. The third-order valence-corrected chi connectivity index (χ3v) is 7.42. The summed E-state index contributed by atoms with van der Waals surface area (Å²) in [5.74, 6) is -0.295. The van der Waals surface area contributed by atoms with Crippen LogP contribution in [0.5, 0.6) is 0 Å². The van der Waals surface area contributed by atoms with E-state index in [1.807, 2.05) is 0 Å². The Morgan fingerprint density at radius 3 is 1.67 bits per heavy atom. The molecule has 2 aromatic carbocycles. The number of nitrogens with two attached hydrogens (primary N) is 3. The normalized spacial score (nSPS) is 10.6. The number of aromatic nitrogens is 6. The summed E-state index contributed by atoms with van der Waals surface area (Å²) in [5.41, 5.74) is 22.2. The second-order valence-corrected chi connectivity index (χ2v) is 11.0. The molecular weight excluding hydrogens is 658 g/mol. The zero-order valence-electron chi connectivity index (χ0n) is 22.8. The van der Waals surface area contributed by atoms with E-state index in [1.54, 1.807) is 66.9 Å². The molecule has 11 nitrogen and oxygen atoms in total. The van der Waals surface area contributed by atoms with Gasteiger partial charge in [0.05, 0.1) is 55.3 Å². The highest BCUT2D eigenvalue weighted by Gasteiger charge is 2.19. The Morgan fingerprint density at radius 2 is 1.20 bits per heavy atom. The van der Waals surface area contributed by atoms with Gasteiger partial charge in [-0.25, -0.2) is 19.9 Å². The van der Waals surface area contributed by atoms with Gasteiger partial charge in [0.1, 0.15) is 6.07 Å². The molecular formula is C30H20Cl4N10O. The van der Waals surface area contributed by atoms with Crippen molar-refractivity contribution in [2.75, 3.05) is 11.5 Å². The Bertz CT molecular complexity index is 2100. The number of halogens is 4. The Kier molecular flexibility index (Phi) is 9.22. The number of amides is 1. The number of nitrogens with one attached hydrogen (secondary N) is 2. The number of aromatic amines is 2. The lowest BCUT2D eigenvalue weighted by Crippen LogP contribution is -2.11. The largest absolute Gasteiger partial charge is 0.368 e. The van der Waals surface area contributed by atoms with Gasteiger partial charge in [0.15, 0.2) is 0 Å². The highest BCUT2D eigenvalue weighted by Crippen LogP contribution is 2.35. The quantitative estimate of drug-likeness (QED) is 0.128. The molecule has 45 heavy (non-hydrogen) atoms. The van der Waals surface area contributed by atoms with Gasteiger partial charge in [-0.2, -0.15) is 5.26 Å². The topological polar surface area (TPSA) is 202 Å². The van der Waals surface area contributed by atoms with Crippen LogP contribution in [0.3, 0.4) is 0 Å². The maximum Gasteiger partial charge on any atom is 0.250 e. The van der Waals surface area contributed by atoms with Crippen LogP contribution in [0.1, 0.15) is 15.9 Å². The molecule has 6 aromatic rings. The summed E-state index contributed by atoms with van der Waals surface area (Å²) in [5, 5.41) is 11.2. The van der Waals surface area contributed by atoms with Crippen molar-refractivity contribution in [3.05, 3.63) is 104 Å². The van der Waals surface area contributed by atoms with Crippen LogP contribution in [-0.4, -0.2) is 35.8 Å². The number of nitrogens with zero attached hydrogens (tertiary/aromatic N) is 5. The molecule has 0 spiro atoms. The van der Waals surface area contributed by atoms with Crippen LogP contribution in [0.25, 0.3) is 45.3 Å². The summed E-state index contributed by atoms with van der Waals surface area (Å²) in [6.45, 7) is 0. The number of anilines is 2. The predicted molar refractivity (Wildman–Crippen MR) is 177 cm³/mol. The summed E-state index contributed by atoms with van der Waals surface area (Å²) >= 11 is 24.2. The SMILES string of the molecule is N#Cc1cc(-c2ccnc(N)n2)[nH]c1-c1ccc(Cl)cc1Cl.NC(=O)c1cc(-c2ccnc(N)n2)[nH]c1-c1ccc(Cl)cc1Cl. The van der Waals surface area contributed by atoms with Gasteiger partial charge in [-0.05, 0) is 60.7 Å². The van der Waals surface area contributed by atoms with Gasteiger partial charge in [0.2, 0.25) is 11.9 Å². The number of nitrogen functional groups attached to an aromatic ring is 2. The number of hydrogen-bond donors (Lipinski definition) is 5. The monoisotopic (exact) mass is 676 g/mol. The van der Waals surface area contributed by atoms with Gasteiger partial charge >= 0.3 is 0 Å². The zero-order chi connectivity index (χ0) is 32.2. The van der Waals surface area contributed by atoms with Crippen molar-refractivity contribution >= 4 is 64.2 Å². The second kappa shape index (κ2) is 13.3. The third kappa shape index (κ3) is 7.01. The Labute approximate surface area is 276 Å². The van der Waals surface area contributed by atoms with Crippen molar-refractivity contribution in [3.63, 3.8) is 0 Å². The first-order chi connectivity index (χ1) is 21.5. The Hall–Kier alpha value is -5.12. The van der Waals surface area contributed by atoms with E-state index in [1.165, 1.54) is 6.20 Å². The molecule has 0 saturated heterocycles. The minimum atomic E-state index is -0.587. The van der Waals surface area contributed by atoms with Crippen molar-refractivity contribution in [3.8, 4) is 51.4 Å². The van der Waals surface area contributed by atoms with Crippen LogP contribution >= 0.6 is 46.4 Å². The number of carbonyl (C=O) groups is 1. The molecule has 224 valence electrons. The summed E-state index contributed by atoms with van der Waals surface area (Å²) in [6, 6.07) is 18.9. The molecule has 1 amide bonds. The average Bonchev–Trinajstić information content (AvgIpc) is 3.63. The first-order valence-electron chi connectivity index (χ1n) is 12.8. The van der Waals surface area contributed by atoms with Crippen molar-refractivity contribution < 1.29 is 4.79 Å². The van der Waals surface area contributed by atoms with E-state index in [0.29, 0.717) is 76.5 Å². The number of hydrogen-bond acceptors (Lipinski definition) is 8. The Morgan fingerprint density at radius 1 is 0.711 bits per heavy atom. The smallest absolute Gasteiger partial charge is 0.250 e. The minimum absolute atomic E-state index is 0.129. The second-order valence-electron chi connectivity index (χ2n) is 9.27. The fraction of sp³-hybridized carbons (Fsp3) is 0. The number of primary amides is 1. The van der Waals surface area contributed by atoms with Crippen LogP contribution in [0.4, 0.5) is 11.9 Å². The van der Waals surface area contributed by atoms with Crippen molar-refractivity contribution in [2.45, 2.75) is 0 Å². The summed E-state index contributed by atoms with van der Waals surface area (Å²) in [7, 11) is 0. The van der Waals surface area contributed by atoms with Crippen LogP contribution in [0.2, 0.25) is 20.1 Å². The molecule has 0 saturated carbocycles. The van der Waals surface area contributed by atoms with Crippen molar-refractivity contribution in [2.24, 2.45) is 5.73 Å². The molecule has 6 rings (SSSR count). The van der Waals surface area contributed by atoms with E-state index >= 15 is 0 Å². The summed E-state index contributed by atoms with van der Waals surface area (Å²) < 4.78 is 0. The number of carbonyl (C=O) groups excluding carboxylic acids is 1. The lowest BCUT2D eigenvalue weighted by atomic mass is 10.1. The van der Waals surface area contributed by atoms with E-state index in [9.17, 15) is 10.1 Å². The number of benzene rings is 2. The van der Waals surface area contributed by atoms with E-state index < -0.39 is 5.91 Å². The molecule has 0 unspecified atom stereocenters. The van der Waals surface area contributed by atoms with Crippen LogP contribution in [0, 0.1) is 11.3 Å². The molecule has 15 heteroatoms. The maximum atomic E-state index is 11.8. The number of nitriles is 1. The maximum absolute atomic E-state index is 11.8. The van der Waals surface area contributed by atoms with Crippen molar-refractivity contribution in [1.82, 2.24) is 29.9 Å². The van der Waals surface area contributed by atoms with Gasteiger partial charge in [-0.3, -0.25) is 4.79 Å². The third-order valence-electron chi connectivity index (χ3n) is 6.32. The van der Waals surface area contributed by atoms with Crippen molar-refractivity contribution in [1.29, 1.82) is 5.26 Å². The molecule has 0 fully saturated rings. The zero-order valence-corrected chi connectivity index (χ0v) is 25.8.